The van der Waals surface area contributed by atoms with Crippen LogP contribution >= 0.6 is 0 Å². The van der Waals surface area contributed by atoms with E-state index in [0.717, 1.165) is 31.6 Å². The Kier molecular flexibility index (Phi) is 28.3. The molecule has 43 heavy (non-hydrogen) atoms. The molecule has 0 spiro atoms. The summed E-state index contributed by atoms with van der Waals surface area (Å²) in [6.07, 6.45) is 28.1. The number of carbonyl (C=O) groups excluding carboxylic acids is 2. The van der Waals surface area contributed by atoms with Crippen molar-refractivity contribution in [3.8, 4) is 0 Å². The number of carbonyl (C=O) groups is 2. The van der Waals surface area contributed by atoms with Gasteiger partial charge in [0.25, 0.3) is 0 Å². The fourth-order valence-corrected chi connectivity index (χ4v) is 4.29. The van der Waals surface area contributed by atoms with E-state index in [9.17, 15) is 24.9 Å². The van der Waals surface area contributed by atoms with Crippen molar-refractivity contribution >= 4 is 11.9 Å². The van der Waals surface area contributed by atoms with E-state index >= 15 is 0 Å². The highest BCUT2D eigenvalue weighted by molar-refractivity contribution is 5.69. The molecule has 248 valence electrons. The third-order valence-corrected chi connectivity index (χ3v) is 6.94. The van der Waals surface area contributed by atoms with Crippen LogP contribution in [0.2, 0.25) is 0 Å². The van der Waals surface area contributed by atoms with Crippen LogP contribution in [0.15, 0.2) is 48.6 Å². The SMILES string of the molecule is CCCCC/C=C\C[C@@H](O)/C=C/C=C/C=C\[C@@H](O)CCCC(=O)OC[C@H](O)COC(=O)CCCCCCCCCC(C)C. The number of hydrogen-bond acceptors (Lipinski definition) is 7. The molecule has 7 nitrogen and oxygen atoms in total. The lowest BCUT2D eigenvalue weighted by Crippen LogP contribution is -2.25. The third-order valence-electron chi connectivity index (χ3n) is 6.94. The summed E-state index contributed by atoms with van der Waals surface area (Å²) in [4.78, 5) is 23.8. The van der Waals surface area contributed by atoms with Crippen molar-refractivity contribution in [1.29, 1.82) is 0 Å². The summed E-state index contributed by atoms with van der Waals surface area (Å²) in [7, 11) is 0. The number of allylic oxidation sites excluding steroid dienone is 5. The largest absolute Gasteiger partial charge is 0.463 e. The second-order valence-corrected chi connectivity index (χ2v) is 11.8. The molecular weight excluding hydrogens is 544 g/mol. The van der Waals surface area contributed by atoms with E-state index in [1.54, 1.807) is 36.5 Å². The van der Waals surface area contributed by atoms with Gasteiger partial charge < -0.3 is 24.8 Å². The molecule has 0 aromatic heterocycles. The quantitative estimate of drug-likeness (QED) is 0.0362. The Morgan fingerprint density at radius 3 is 1.79 bits per heavy atom. The van der Waals surface area contributed by atoms with Gasteiger partial charge in [-0.05, 0) is 44.4 Å². The van der Waals surface area contributed by atoms with Gasteiger partial charge in [-0.2, -0.15) is 0 Å². The highest BCUT2D eigenvalue weighted by Gasteiger charge is 2.12. The Bertz CT molecular complexity index is 784. The topological polar surface area (TPSA) is 113 Å². The van der Waals surface area contributed by atoms with Crippen LogP contribution in [-0.4, -0.2) is 58.8 Å². The van der Waals surface area contributed by atoms with E-state index in [0.29, 0.717) is 25.7 Å². The predicted octanol–water partition coefficient (Wildman–Crippen LogP) is 7.69. The Morgan fingerprint density at radius 2 is 1.19 bits per heavy atom. The number of ether oxygens (including phenoxy) is 2. The van der Waals surface area contributed by atoms with Gasteiger partial charge in [0.05, 0.1) is 12.2 Å². The zero-order valence-corrected chi connectivity index (χ0v) is 27.3. The number of aliphatic hydroxyl groups excluding tert-OH is 3. The van der Waals surface area contributed by atoms with Crippen molar-refractivity contribution in [3.63, 3.8) is 0 Å². The van der Waals surface area contributed by atoms with Crippen LogP contribution in [0.25, 0.3) is 0 Å². The molecule has 0 radical (unpaired) electrons. The molecule has 0 fully saturated rings. The maximum Gasteiger partial charge on any atom is 0.305 e. The summed E-state index contributed by atoms with van der Waals surface area (Å²) in [5, 5.41) is 29.9. The summed E-state index contributed by atoms with van der Waals surface area (Å²) in [6.45, 7) is 6.27. The van der Waals surface area contributed by atoms with E-state index in [4.69, 9.17) is 9.47 Å². The summed E-state index contributed by atoms with van der Waals surface area (Å²) < 4.78 is 10.1. The van der Waals surface area contributed by atoms with Gasteiger partial charge in [-0.15, -0.1) is 0 Å². The van der Waals surface area contributed by atoms with Gasteiger partial charge >= 0.3 is 11.9 Å². The van der Waals surface area contributed by atoms with Gasteiger partial charge in [-0.1, -0.05) is 127 Å². The molecule has 0 heterocycles. The molecular formula is C36H62O7. The molecule has 7 heteroatoms. The first kappa shape index (κ1) is 40.8. The van der Waals surface area contributed by atoms with Crippen LogP contribution < -0.4 is 0 Å². The van der Waals surface area contributed by atoms with Crippen molar-refractivity contribution in [2.45, 2.75) is 148 Å². The zero-order valence-electron chi connectivity index (χ0n) is 27.3. The first-order valence-corrected chi connectivity index (χ1v) is 16.8. The fraction of sp³-hybridized carbons (Fsp3) is 0.722. The molecule has 0 amide bonds. The smallest absolute Gasteiger partial charge is 0.305 e. The summed E-state index contributed by atoms with van der Waals surface area (Å²) in [5.41, 5.74) is 0. The molecule has 0 aliphatic heterocycles. The van der Waals surface area contributed by atoms with Gasteiger partial charge in [0.1, 0.15) is 19.3 Å². The van der Waals surface area contributed by atoms with Crippen molar-refractivity contribution in [3.05, 3.63) is 48.6 Å². The highest BCUT2D eigenvalue weighted by Crippen LogP contribution is 2.13. The summed E-state index contributed by atoms with van der Waals surface area (Å²) in [5.74, 6) is -0.0310. The first-order valence-electron chi connectivity index (χ1n) is 16.8. The molecule has 3 atom stereocenters. The fourth-order valence-electron chi connectivity index (χ4n) is 4.29. The van der Waals surface area contributed by atoms with Crippen molar-refractivity contribution in [2.75, 3.05) is 13.2 Å². The molecule has 0 aromatic carbocycles. The minimum atomic E-state index is -1.05. The zero-order chi connectivity index (χ0) is 32.0. The van der Waals surface area contributed by atoms with E-state index < -0.39 is 24.3 Å². The van der Waals surface area contributed by atoms with Gasteiger partial charge in [0.2, 0.25) is 0 Å². The molecule has 3 N–H and O–H groups in total. The molecule has 0 bridgehead atoms. The Hall–Kier alpha value is -2.22. The first-order chi connectivity index (χ1) is 20.7. The monoisotopic (exact) mass is 606 g/mol. The normalized spacial score (nSPS) is 14.4. The highest BCUT2D eigenvalue weighted by atomic mass is 16.6. The van der Waals surface area contributed by atoms with E-state index in [-0.39, 0.29) is 25.6 Å². The van der Waals surface area contributed by atoms with Crippen molar-refractivity contribution in [2.24, 2.45) is 5.92 Å². The van der Waals surface area contributed by atoms with Crippen LogP contribution in [0, 0.1) is 5.92 Å². The van der Waals surface area contributed by atoms with E-state index in [1.165, 1.54) is 51.4 Å². The second-order valence-electron chi connectivity index (χ2n) is 11.8. The Morgan fingerprint density at radius 1 is 0.628 bits per heavy atom. The Balaban J connectivity index is 3.80. The number of unbranched alkanes of at least 4 members (excludes halogenated alkanes) is 9. The van der Waals surface area contributed by atoms with Crippen LogP contribution in [0.3, 0.4) is 0 Å². The Labute approximate surface area is 262 Å². The van der Waals surface area contributed by atoms with Crippen LogP contribution in [0.1, 0.15) is 130 Å². The molecule has 0 rings (SSSR count). The lowest BCUT2D eigenvalue weighted by atomic mass is 10.0. The molecule has 0 aliphatic rings. The molecule has 0 unspecified atom stereocenters. The van der Waals surface area contributed by atoms with Gasteiger partial charge in [0.15, 0.2) is 0 Å². The molecule has 0 aliphatic carbocycles. The summed E-state index contributed by atoms with van der Waals surface area (Å²) >= 11 is 0. The van der Waals surface area contributed by atoms with Gasteiger partial charge in [-0.25, -0.2) is 0 Å². The van der Waals surface area contributed by atoms with Crippen LogP contribution in [0.5, 0.6) is 0 Å². The van der Waals surface area contributed by atoms with Crippen LogP contribution in [0.4, 0.5) is 0 Å². The minimum absolute atomic E-state index is 0.124. The van der Waals surface area contributed by atoms with E-state index in [1.807, 2.05) is 6.08 Å². The molecule has 0 saturated carbocycles. The van der Waals surface area contributed by atoms with Crippen LogP contribution in [-0.2, 0) is 19.1 Å². The van der Waals surface area contributed by atoms with Gasteiger partial charge in [-0.3, -0.25) is 9.59 Å². The number of hydrogen-bond donors (Lipinski definition) is 3. The molecule has 0 saturated heterocycles. The average molecular weight is 607 g/mol. The maximum absolute atomic E-state index is 11.9. The number of rotatable bonds is 28. The lowest BCUT2D eigenvalue weighted by molar-refractivity contribution is -0.152. The second kappa shape index (κ2) is 29.8. The van der Waals surface area contributed by atoms with Crippen molar-refractivity contribution < 1.29 is 34.4 Å². The third kappa shape index (κ3) is 31.0. The minimum Gasteiger partial charge on any atom is -0.463 e. The lowest BCUT2D eigenvalue weighted by Gasteiger charge is -2.12. The summed E-state index contributed by atoms with van der Waals surface area (Å²) in [6, 6.07) is 0. The maximum atomic E-state index is 11.9. The standard InChI is InChI=1S/C36H62O7/c1-4-5-6-7-12-17-23-32(37)24-18-14-15-19-25-33(38)26-21-28-36(41)43-30-34(39)29-42-35(40)27-20-13-10-8-9-11-16-22-31(2)3/h12,14-15,17-19,24-25,31-34,37-39H,4-11,13,16,20-23,26-30H2,1-3H3/b15-14+,17-12-,24-18+,25-19-/t32-,33-,34-/m1/s1. The average Bonchev–Trinajstić information content (AvgIpc) is 2.97. The molecule has 0 aromatic rings. The number of esters is 2. The van der Waals surface area contributed by atoms with Crippen molar-refractivity contribution in [1.82, 2.24) is 0 Å². The number of aliphatic hydroxyl groups is 3. The predicted molar refractivity (Wildman–Crippen MR) is 175 cm³/mol. The van der Waals surface area contributed by atoms with E-state index in [2.05, 4.69) is 26.8 Å². The van der Waals surface area contributed by atoms with Gasteiger partial charge in [0, 0.05) is 12.8 Å².